The lowest BCUT2D eigenvalue weighted by atomic mass is 10.2. The molecule has 0 spiro atoms. The van der Waals surface area contributed by atoms with E-state index < -0.39 is 18.0 Å². The zero-order chi connectivity index (χ0) is 15.7. The molecule has 0 aliphatic heterocycles. The van der Waals surface area contributed by atoms with E-state index in [9.17, 15) is 26.7 Å². The van der Waals surface area contributed by atoms with Crippen molar-refractivity contribution in [2.24, 2.45) is 0 Å². The van der Waals surface area contributed by atoms with Gasteiger partial charge < -0.3 is 10.2 Å². The summed E-state index contributed by atoms with van der Waals surface area (Å²) < 4.78 is 61.5. The van der Waals surface area contributed by atoms with Crippen molar-refractivity contribution in [3.05, 3.63) is 23.2 Å². The molecule has 0 unspecified atom stereocenters. The first-order valence-electron chi connectivity index (χ1n) is 5.19. The predicted octanol–water partition coefficient (Wildman–Crippen LogP) is 3.54. The van der Waals surface area contributed by atoms with E-state index in [-0.39, 0.29) is 10.7 Å². The molecule has 0 radical (unpaired) electrons. The second-order valence-corrected chi connectivity index (χ2v) is 4.49. The number of alkyl halides is 5. The molecule has 0 saturated carbocycles. The van der Waals surface area contributed by atoms with Crippen LogP contribution in [0.5, 0.6) is 0 Å². The summed E-state index contributed by atoms with van der Waals surface area (Å²) in [6.07, 6.45) is -5.95. The van der Waals surface area contributed by atoms with Crippen LogP contribution in [-0.4, -0.2) is 32.1 Å². The van der Waals surface area contributed by atoms with Crippen LogP contribution in [0.25, 0.3) is 0 Å². The van der Waals surface area contributed by atoms with Gasteiger partial charge in [-0.05, 0) is 18.2 Å². The first-order chi connectivity index (χ1) is 8.96. The topological polar surface area (TPSA) is 32.3 Å². The Labute approximate surface area is 116 Å². The Kier molecular flexibility index (Phi) is 4.48. The highest BCUT2D eigenvalue weighted by atomic mass is 35.5. The van der Waals surface area contributed by atoms with Crippen molar-refractivity contribution < 1.29 is 26.7 Å². The second kappa shape index (κ2) is 5.43. The van der Waals surface area contributed by atoms with Gasteiger partial charge >= 0.3 is 18.0 Å². The maximum Gasteiger partial charge on any atom is 0.463 e. The predicted molar refractivity (Wildman–Crippen MR) is 65.4 cm³/mol. The van der Waals surface area contributed by atoms with Crippen molar-refractivity contribution >= 4 is 28.9 Å². The van der Waals surface area contributed by atoms with Gasteiger partial charge in [0, 0.05) is 19.8 Å². The van der Waals surface area contributed by atoms with Crippen LogP contribution in [0, 0.1) is 0 Å². The highest BCUT2D eigenvalue weighted by molar-refractivity contribution is 6.33. The zero-order valence-corrected chi connectivity index (χ0v) is 11.1. The SMILES string of the molecule is CN(C)c1ccc(NC(=O)C(F)(F)C(F)(F)F)cc1Cl. The minimum Gasteiger partial charge on any atom is -0.376 e. The smallest absolute Gasteiger partial charge is 0.376 e. The minimum atomic E-state index is -5.95. The largest absolute Gasteiger partial charge is 0.463 e. The molecule has 0 heterocycles. The summed E-state index contributed by atoms with van der Waals surface area (Å²) in [6.45, 7) is 0. The third-order valence-electron chi connectivity index (χ3n) is 2.33. The van der Waals surface area contributed by atoms with E-state index in [0.29, 0.717) is 5.69 Å². The van der Waals surface area contributed by atoms with E-state index in [1.807, 2.05) is 0 Å². The molecule has 112 valence electrons. The quantitative estimate of drug-likeness (QED) is 0.865. The molecule has 20 heavy (non-hydrogen) atoms. The van der Waals surface area contributed by atoms with Crippen LogP contribution in [0.3, 0.4) is 0 Å². The summed E-state index contributed by atoms with van der Waals surface area (Å²) in [5, 5.41) is 1.58. The summed E-state index contributed by atoms with van der Waals surface area (Å²) in [4.78, 5) is 12.6. The molecular weight excluding hydrogens is 307 g/mol. The molecule has 0 fully saturated rings. The number of rotatable bonds is 3. The number of anilines is 2. The fraction of sp³-hybridized carbons (Fsp3) is 0.364. The van der Waals surface area contributed by atoms with Crippen LogP contribution in [0.1, 0.15) is 0 Å². The lowest BCUT2D eigenvalue weighted by Gasteiger charge is -2.19. The molecule has 0 aliphatic rings. The number of halogens is 6. The standard InChI is InChI=1S/C11H10ClF5N2O/c1-19(2)8-4-3-6(5-7(8)12)18-9(20)10(13,14)11(15,16)17/h3-5H,1-2H3,(H,18,20). The maximum atomic E-state index is 12.7. The molecule has 1 amide bonds. The molecule has 1 aromatic carbocycles. The normalized spacial score (nSPS) is 12.2. The monoisotopic (exact) mass is 316 g/mol. The van der Waals surface area contributed by atoms with Crippen LogP contribution >= 0.6 is 11.6 Å². The lowest BCUT2D eigenvalue weighted by molar-refractivity contribution is -0.267. The molecule has 0 atom stereocenters. The van der Waals surface area contributed by atoms with Gasteiger partial charge in [-0.3, -0.25) is 4.79 Å². The van der Waals surface area contributed by atoms with Gasteiger partial charge in [0.15, 0.2) is 0 Å². The van der Waals surface area contributed by atoms with Crippen molar-refractivity contribution in [2.75, 3.05) is 24.3 Å². The molecule has 0 saturated heterocycles. The summed E-state index contributed by atoms with van der Waals surface area (Å²) in [7, 11) is 3.33. The Hall–Kier alpha value is -1.57. The molecule has 1 rings (SSSR count). The van der Waals surface area contributed by atoms with Crippen molar-refractivity contribution in [3.8, 4) is 0 Å². The van der Waals surface area contributed by atoms with Crippen molar-refractivity contribution in [3.63, 3.8) is 0 Å². The highest BCUT2D eigenvalue weighted by Gasteiger charge is 2.63. The van der Waals surface area contributed by atoms with Crippen molar-refractivity contribution in [2.45, 2.75) is 12.1 Å². The van der Waals surface area contributed by atoms with E-state index in [0.717, 1.165) is 6.07 Å². The average molecular weight is 317 g/mol. The number of nitrogens with zero attached hydrogens (tertiary/aromatic N) is 1. The number of nitrogens with one attached hydrogen (secondary N) is 1. The Morgan fingerprint density at radius 1 is 1.20 bits per heavy atom. The van der Waals surface area contributed by atoms with Crippen LogP contribution in [0.15, 0.2) is 18.2 Å². The minimum absolute atomic E-state index is 0.100. The second-order valence-electron chi connectivity index (χ2n) is 4.09. The Balaban J connectivity index is 2.95. The number of amides is 1. The lowest BCUT2D eigenvalue weighted by Crippen LogP contribution is -2.47. The van der Waals surface area contributed by atoms with Gasteiger partial charge in [0.25, 0.3) is 0 Å². The molecule has 1 aromatic rings. The van der Waals surface area contributed by atoms with E-state index in [1.54, 1.807) is 19.0 Å². The van der Waals surface area contributed by atoms with Crippen molar-refractivity contribution in [1.29, 1.82) is 0 Å². The van der Waals surface area contributed by atoms with Gasteiger partial charge in [0.05, 0.1) is 10.7 Å². The fourth-order valence-corrected chi connectivity index (χ4v) is 1.64. The van der Waals surface area contributed by atoms with Crippen LogP contribution < -0.4 is 10.2 Å². The zero-order valence-electron chi connectivity index (χ0n) is 10.4. The molecule has 0 bridgehead atoms. The molecule has 0 aliphatic carbocycles. The summed E-state index contributed by atoms with van der Waals surface area (Å²) >= 11 is 5.81. The van der Waals surface area contributed by atoms with Gasteiger partial charge in [-0.1, -0.05) is 11.6 Å². The fourth-order valence-electron chi connectivity index (χ4n) is 1.29. The number of carbonyl (C=O) groups excluding carboxylic acids is 1. The Bertz CT molecular complexity index is 516. The maximum absolute atomic E-state index is 12.7. The van der Waals surface area contributed by atoms with Gasteiger partial charge in [-0.15, -0.1) is 0 Å². The van der Waals surface area contributed by atoms with E-state index in [4.69, 9.17) is 11.6 Å². The number of hydrogen-bond acceptors (Lipinski definition) is 2. The summed E-state index contributed by atoms with van der Waals surface area (Å²) in [5.74, 6) is -7.93. The summed E-state index contributed by atoms with van der Waals surface area (Å²) in [5.41, 5.74) is 0.266. The van der Waals surface area contributed by atoms with Gasteiger partial charge in [0.1, 0.15) is 0 Å². The first kappa shape index (κ1) is 16.5. The first-order valence-corrected chi connectivity index (χ1v) is 5.57. The van der Waals surface area contributed by atoms with Gasteiger partial charge in [0.2, 0.25) is 0 Å². The van der Waals surface area contributed by atoms with Crippen molar-refractivity contribution in [1.82, 2.24) is 0 Å². The van der Waals surface area contributed by atoms with Crippen LogP contribution in [0.2, 0.25) is 5.02 Å². The third-order valence-corrected chi connectivity index (χ3v) is 2.63. The van der Waals surface area contributed by atoms with E-state index >= 15 is 0 Å². The Morgan fingerprint density at radius 2 is 1.75 bits per heavy atom. The van der Waals surface area contributed by atoms with E-state index in [2.05, 4.69) is 0 Å². The number of benzene rings is 1. The third kappa shape index (κ3) is 3.30. The van der Waals surface area contributed by atoms with Gasteiger partial charge in [-0.25, -0.2) is 0 Å². The van der Waals surface area contributed by atoms with E-state index in [1.165, 1.54) is 17.4 Å². The number of hydrogen-bond donors (Lipinski definition) is 1. The molecular formula is C11H10ClF5N2O. The Morgan fingerprint density at radius 3 is 2.15 bits per heavy atom. The van der Waals surface area contributed by atoms with Crippen LogP contribution in [-0.2, 0) is 4.79 Å². The van der Waals surface area contributed by atoms with Gasteiger partial charge in [-0.2, -0.15) is 22.0 Å². The molecule has 3 nitrogen and oxygen atoms in total. The molecule has 1 N–H and O–H groups in total. The molecule has 9 heteroatoms. The molecule has 0 aromatic heterocycles. The summed E-state index contributed by atoms with van der Waals surface area (Å²) in [6, 6.07) is 3.64. The van der Waals surface area contributed by atoms with Crippen LogP contribution in [0.4, 0.5) is 33.3 Å². The average Bonchev–Trinajstić information content (AvgIpc) is 2.26. The number of carbonyl (C=O) groups is 1. The highest BCUT2D eigenvalue weighted by Crippen LogP contribution is 2.36.